The fourth-order valence-electron chi connectivity index (χ4n) is 3.46. The molecule has 7 heteroatoms. The number of amides is 1. The average Bonchev–Trinajstić information content (AvgIpc) is 2.77. The fourth-order valence-corrected chi connectivity index (χ4v) is 4.44. The van der Waals surface area contributed by atoms with Crippen LogP contribution in [0.5, 0.6) is 0 Å². The summed E-state index contributed by atoms with van der Waals surface area (Å²) >= 11 is 1.44. The van der Waals surface area contributed by atoms with Crippen molar-refractivity contribution in [1.82, 2.24) is 10.5 Å². The molecule has 134 valence electrons. The molecule has 0 bridgehead atoms. The third-order valence-corrected chi connectivity index (χ3v) is 5.65. The van der Waals surface area contributed by atoms with E-state index in [1.807, 2.05) is 13.8 Å². The molecule has 1 aliphatic carbocycles. The lowest BCUT2D eigenvalue weighted by molar-refractivity contribution is -0.150. The van der Waals surface area contributed by atoms with Crippen molar-refractivity contribution < 1.29 is 19.2 Å². The van der Waals surface area contributed by atoms with Gasteiger partial charge in [-0.25, -0.2) is 4.79 Å². The highest BCUT2D eigenvalue weighted by atomic mass is 32.2. The molecule has 2 N–H and O–H groups in total. The largest absolute Gasteiger partial charge is 0.480 e. The molecule has 0 saturated heterocycles. The van der Waals surface area contributed by atoms with Crippen molar-refractivity contribution in [3.63, 3.8) is 0 Å². The Morgan fingerprint density at radius 2 is 2.04 bits per heavy atom. The van der Waals surface area contributed by atoms with Gasteiger partial charge in [-0.2, -0.15) is 0 Å². The molecule has 1 heterocycles. The number of aryl methyl sites for hydroxylation is 2. The zero-order chi connectivity index (χ0) is 18.0. The molecule has 0 aliphatic heterocycles. The summed E-state index contributed by atoms with van der Waals surface area (Å²) in [6, 6.07) is 0. The van der Waals surface area contributed by atoms with Gasteiger partial charge in [0.1, 0.15) is 11.3 Å². The number of thioether (sulfide) groups is 1. The molecule has 24 heavy (non-hydrogen) atoms. The Labute approximate surface area is 146 Å². The number of hydrogen-bond acceptors (Lipinski definition) is 5. The van der Waals surface area contributed by atoms with Crippen molar-refractivity contribution in [2.45, 2.75) is 64.7 Å². The van der Waals surface area contributed by atoms with E-state index < -0.39 is 11.5 Å². The van der Waals surface area contributed by atoms with Crippen LogP contribution in [0.25, 0.3) is 0 Å². The Morgan fingerprint density at radius 3 is 2.58 bits per heavy atom. The number of hydrogen-bond donors (Lipinski definition) is 2. The van der Waals surface area contributed by atoms with Crippen molar-refractivity contribution in [1.29, 1.82) is 0 Å². The van der Waals surface area contributed by atoms with Crippen molar-refractivity contribution >= 4 is 23.6 Å². The molecule has 1 unspecified atom stereocenters. The molecule has 1 aromatic rings. The predicted octanol–water partition coefficient (Wildman–Crippen LogP) is 3.06. The predicted molar refractivity (Wildman–Crippen MR) is 92.9 cm³/mol. The van der Waals surface area contributed by atoms with E-state index in [1.165, 1.54) is 11.8 Å². The van der Waals surface area contributed by atoms with E-state index in [0.29, 0.717) is 18.6 Å². The van der Waals surface area contributed by atoms with Gasteiger partial charge in [0.2, 0.25) is 5.91 Å². The molecular weight excluding hydrogens is 328 g/mol. The molecule has 1 aliphatic rings. The second kappa shape index (κ2) is 7.17. The normalized spacial score (nSPS) is 23.0. The number of aliphatic carboxylic acids is 1. The van der Waals surface area contributed by atoms with Gasteiger partial charge in [0.05, 0.1) is 11.4 Å². The first-order valence-corrected chi connectivity index (χ1v) is 9.35. The van der Waals surface area contributed by atoms with Crippen molar-refractivity contribution in [2.75, 3.05) is 5.75 Å². The van der Waals surface area contributed by atoms with Crippen LogP contribution < -0.4 is 5.32 Å². The minimum atomic E-state index is -1.14. The number of carbonyl (C=O) groups is 2. The van der Waals surface area contributed by atoms with Crippen molar-refractivity contribution in [2.24, 2.45) is 5.41 Å². The summed E-state index contributed by atoms with van der Waals surface area (Å²) in [5.74, 6) is 0.447. The van der Waals surface area contributed by atoms with Gasteiger partial charge >= 0.3 is 5.97 Å². The average molecular weight is 354 g/mol. The molecule has 1 amide bonds. The van der Waals surface area contributed by atoms with Crippen LogP contribution in [0.3, 0.4) is 0 Å². The Hall–Kier alpha value is -1.50. The van der Waals surface area contributed by atoms with Crippen molar-refractivity contribution in [3.05, 3.63) is 17.0 Å². The summed E-state index contributed by atoms with van der Waals surface area (Å²) in [6.45, 7) is 7.83. The summed E-state index contributed by atoms with van der Waals surface area (Å²) in [5, 5.41) is 16.4. The summed E-state index contributed by atoms with van der Waals surface area (Å²) in [5.41, 5.74) is 0.617. The Morgan fingerprint density at radius 1 is 1.33 bits per heavy atom. The van der Waals surface area contributed by atoms with E-state index in [1.54, 1.807) is 0 Å². The molecule has 1 aromatic heterocycles. The van der Waals surface area contributed by atoms with Crippen molar-refractivity contribution in [3.8, 4) is 0 Å². The zero-order valence-corrected chi connectivity index (χ0v) is 15.6. The van der Waals surface area contributed by atoms with Crippen LogP contribution in [0.2, 0.25) is 0 Å². The van der Waals surface area contributed by atoms with Crippen LogP contribution in [0, 0.1) is 19.3 Å². The van der Waals surface area contributed by atoms with Crippen LogP contribution in [-0.2, 0) is 15.3 Å². The molecule has 0 radical (unpaired) electrons. The first-order chi connectivity index (χ1) is 11.2. The lowest BCUT2D eigenvalue weighted by atomic mass is 9.68. The summed E-state index contributed by atoms with van der Waals surface area (Å²) < 4.78 is 5.10. The fraction of sp³-hybridized carbons (Fsp3) is 0.706. The van der Waals surface area contributed by atoms with E-state index in [0.717, 1.165) is 29.9 Å². The number of nitrogens with one attached hydrogen (secondary N) is 1. The van der Waals surface area contributed by atoms with E-state index in [-0.39, 0.29) is 17.1 Å². The van der Waals surface area contributed by atoms with Crippen LogP contribution >= 0.6 is 11.8 Å². The first kappa shape index (κ1) is 18.8. The maximum atomic E-state index is 12.3. The minimum absolute atomic E-state index is 0.0756. The van der Waals surface area contributed by atoms with Crippen LogP contribution in [0.1, 0.15) is 56.5 Å². The molecule has 1 atom stereocenters. The topological polar surface area (TPSA) is 92.4 Å². The number of carbonyl (C=O) groups excluding carboxylic acids is 1. The van der Waals surface area contributed by atoms with Crippen LogP contribution in [0.4, 0.5) is 0 Å². The highest BCUT2D eigenvalue weighted by Crippen LogP contribution is 2.41. The quantitative estimate of drug-likeness (QED) is 0.815. The Kier molecular flexibility index (Phi) is 5.63. The monoisotopic (exact) mass is 354 g/mol. The van der Waals surface area contributed by atoms with E-state index in [4.69, 9.17) is 4.52 Å². The molecular formula is C17H26N2O4S. The number of carboxylic acid groups (broad SMARTS) is 1. The van der Waals surface area contributed by atoms with E-state index in [9.17, 15) is 14.7 Å². The highest BCUT2D eigenvalue weighted by molar-refractivity contribution is 7.99. The smallest absolute Gasteiger partial charge is 0.329 e. The third kappa shape index (κ3) is 4.32. The minimum Gasteiger partial charge on any atom is -0.480 e. The summed E-state index contributed by atoms with van der Waals surface area (Å²) in [4.78, 5) is 24.1. The van der Waals surface area contributed by atoms with Gasteiger partial charge in [-0.15, -0.1) is 11.8 Å². The number of rotatable bonds is 6. The van der Waals surface area contributed by atoms with Gasteiger partial charge < -0.3 is 14.9 Å². The second-order valence-corrected chi connectivity index (χ2v) is 8.41. The standard InChI is InChI=1S/C17H26N2O4S/c1-11-13(12(2)23-19-11)8-24-9-14(20)18-17(15(21)22)7-5-6-16(3,4)10-17/h5-10H2,1-4H3,(H,18,20)(H,21,22). The van der Waals surface area contributed by atoms with Gasteiger partial charge in [0.25, 0.3) is 0 Å². The number of carboxylic acids is 1. The summed E-state index contributed by atoms with van der Waals surface area (Å²) in [7, 11) is 0. The van der Waals surface area contributed by atoms with Gasteiger partial charge in [-0.3, -0.25) is 4.79 Å². The molecule has 2 rings (SSSR count). The van der Waals surface area contributed by atoms with Gasteiger partial charge in [0, 0.05) is 11.3 Å². The van der Waals surface area contributed by atoms with Gasteiger partial charge in [0.15, 0.2) is 0 Å². The maximum Gasteiger partial charge on any atom is 0.329 e. The lowest BCUT2D eigenvalue weighted by Crippen LogP contribution is -2.58. The maximum absolute atomic E-state index is 12.3. The Balaban J connectivity index is 1.93. The van der Waals surface area contributed by atoms with Gasteiger partial charge in [-0.1, -0.05) is 19.0 Å². The SMILES string of the molecule is Cc1noc(C)c1CSCC(=O)NC1(C(=O)O)CCCC(C)(C)C1. The summed E-state index contributed by atoms with van der Waals surface area (Å²) in [6.07, 6.45) is 2.76. The van der Waals surface area contributed by atoms with Gasteiger partial charge in [-0.05, 0) is 44.9 Å². The molecule has 0 spiro atoms. The van der Waals surface area contributed by atoms with Crippen LogP contribution in [-0.4, -0.2) is 33.4 Å². The molecule has 1 saturated carbocycles. The highest BCUT2D eigenvalue weighted by Gasteiger charge is 2.46. The van der Waals surface area contributed by atoms with E-state index >= 15 is 0 Å². The Bertz CT molecular complexity index is 607. The van der Waals surface area contributed by atoms with Crippen LogP contribution in [0.15, 0.2) is 4.52 Å². The number of aromatic nitrogens is 1. The lowest BCUT2D eigenvalue weighted by Gasteiger charge is -2.42. The molecule has 0 aromatic carbocycles. The second-order valence-electron chi connectivity index (χ2n) is 7.43. The number of nitrogens with zero attached hydrogens (tertiary/aromatic N) is 1. The zero-order valence-electron chi connectivity index (χ0n) is 14.8. The molecule has 6 nitrogen and oxygen atoms in total. The third-order valence-electron chi connectivity index (χ3n) is 4.69. The first-order valence-electron chi connectivity index (χ1n) is 8.19. The van der Waals surface area contributed by atoms with E-state index in [2.05, 4.69) is 24.3 Å². The molecule has 1 fully saturated rings.